The van der Waals surface area contributed by atoms with E-state index in [1.165, 1.54) is 0 Å². The normalized spacial score (nSPS) is 52.9. The molecule has 3 saturated carbocycles. The number of aliphatic hydroxyl groups excluding tert-OH is 14. The summed E-state index contributed by atoms with van der Waals surface area (Å²) in [5.41, 5.74) is -1.04. The lowest BCUT2D eigenvalue weighted by Gasteiger charge is -2.61. The summed E-state index contributed by atoms with van der Waals surface area (Å²) in [6.07, 6.45) is -30.6. The molecule has 0 aromatic carbocycles. The van der Waals surface area contributed by atoms with E-state index >= 15 is 0 Å². The van der Waals surface area contributed by atoms with Gasteiger partial charge in [0, 0.05) is 0 Å². The zero-order valence-corrected chi connectivity index (χ0v) is 36.3. The van der Waals surface area contributed by atoms with E-state index in [4.69, 9.17) is 37.9 Å². The smallest absolute Gasteiger partial charge is 0.314 e. The van der Waals surface area contributed by atoms with Gasteiger partial charge in [-0.3, -0.25) is 4.79 Å². The topological polar surface area (TPSA) is 374 Å². The monoisotopic (exact) mass is 940 g/mol. The first-order valence-electron chi connectivity index (χ1n) is 22.5. The van der Waals surface area contributed by atoms with Gasteiger partial charge in [0.1, 0.15) is 91.6 Å². The molecular formula is C42H68O23. The molecule has 3 aliphatic carbocycles. The van der Waals surface area contributed by atoms with Crippen LogP contribution in [0, 0.1) is 28.6 Å². The fourth-order valence-corrected chi connectivity index (χ4v) is 11.8. The minimum atomic E-state index is -1.91. The summed E-state index contributed by atoms with van der Waals surface area (Å²) in [5.74, 6) is -1.05. The number of hydrogen-bond donors (Lipinski definition) is 14. The Balaban J connectivity index is 1.09. The van der Waals surface area contributed by atoms with Crippen molar-refractivity contribution in [3.8, 4) is 0 Å². The Morgan fingerprint density at radius 2 is 1.03 bits per heavy atom. The predicted octanol–water partition coefficient (Wildman–Crippen LogP) is -5.65. The SMILES string of the molecule is C=C1CC2CCC3[C@](C)(C(=O)OC4OC(CO)C(O)C(O)C4OC4OC(CO)C(O)C(O)C4O)CCC[C@@]3(C)[C@@H]2CC1OC1OC(CO)C(O)C(O)C1OC1OC(CO)C(O)C(O)C1O. The summed E-state index contributed by atoms with van der Waals surface area (Å²) in [6, 6.07) is 0. The van der Waals surface area contributed by atoms with Crippen molar-refractivity contribution in [3.63, 3.8) is 0 Å². The van der Waals surface area contributed by atoms with Crippen molar-refractivity contribution in [2.24, 2.45) is 28.6 Å². The molecule has 7 rings (SSSR count). The van der Waals surface area contributed by atoms with E-state index in [9.17, 15) is 76.3 Å². The molecule has 23 heteroatoms. The number of fused-ring (bicyclic) bond motifs is 3. The van der Waals surface area contributed by atoms with Crippen LogP contribution in [0.3, 0.4) is 0 Å². The highest BCUT2D eigenvalue weighted by atomic mass is 16.8. The molecule has 4 saturated heterocycles. The second-order valence-corrected chi connectivity index (χ2v) is 19.4. The number of esters is 1. The largest absolute Gasteiger partial charge is 0.432 e. The third-order valence-electron chi connectivity index (χ3n) is 15.6. The molecule has 0 bridgehead atoms. The second-order valence-electron chi connectivity index (χ2n) is 19.4. The van der Waals surface area contributed by atoms with Crippen LogP contribution in [0.15, 0.2) is 12.2 Å². The lowest BCUT2D eigenvalue weighted by Crippen LogP contribution is -2.65. The van der Waals surface area contributed by atoms with Crippen molar-refractivity contribution in [1.29, 1.82) is 0 Å². The molecule has 65 heavy (non-hydrogen) atoms. The Bertz CT molecular complexity index is 1620. The van der Waals surface area contributed by atoms with Gasteiger partial charge < -0.3 is 109 Å². The molecule has 23 unspecified atom stereocenters. The van der Waals surface area contributed by atoms with Crippen LogP contribution in [0.5, 0.6) is 0 Å². The Hall–Kier alpha value is -1.63. The van der Waals surface area contributed by atoms with E-state index in [-0.39, 0.29) is 17.8 Å². The Morgan fingerprint density at radius 1 is 0.585 bits per heavy atom. The highest BCUT2D eigenvalue weighted by Crippen LogP contribution is 2.65. The van der Waals surface area contributed by atoms with Gasteiger partial charge in [0.25, 0.3) is 0 Å². The number of rotatable bonds is 12. The van der Waals surface area contributed by atoms with Crippen LogP contribution in [0.1, 0.15) is 58.8 Å². The quantitative estimate of drug-likeness (QED) is 0.0493. The Kier molecular flexibility index (Phi) is 16.1. The first-order valence-corrected chi connectivity index (χ1v) is 22.5. The average molecular weight is 941 g/mol. The molecule has 0 radical (unpaired) electrons. The van der Waals surface area contributed by atoms with Gasteiger partial charge in [0.2, 0.25) is 6.29 Å². The summed E-state index contributed by atoms with van der Waals surface area (Å²) >= 11 is 0. The van der Waals surface area contributed by atoms with E-state index in [0.29, 0.717) is 50.5 Å². The number of carbonyl (C=O) groups excluding carboxylic acids is 1. The molecule has 0 aromatic rings. The van der Waals surface area contributed by atoms with Crippen LogP contribution in [0.4, 0.5) is 0 Å². The predicted molar refractivity (Wildman–Crippen MR) is 212 cm³/mol. The van der Waals surface area contributed by atoms with Crippen molar-refractivity contribution in [2.75, 3.05) is 26.4 Å². The van der Waals surface area contributed by atoms with Crippen LogP contribution >= 0.6 is 0 Å². The Morgan fingerprint density at radius 3 is 1.52 bits per heavy atom. The summed E-state index contributed by atoms with van der Waals surface area (Å²) in [4.78, 5) is 14.7. The molecule has 4 heterocycles. The average Bonchev–Trinajstić information content (AvgIpc) is 3.28. The third-order valence-corrected chi connectivity index (χ3v) is 15.6. The van der Waals surface area contributed by atoms with Gasteiger partial charge >= 0.3 is 5.97 Å². The fraction of sp³-hybridized carbons (Fsp3) is 0.929. The number of carbonyl (C=O) groups is 1. The van der Waals surface area contributed by atoms with Gasteiger partial charge in [-0.05, 0) is 74.2 Å². The van der Waals surface area contributed by atoms with Gasteiger partial charge in [-0.2, -0.15) is 0 Å². The maximum atomic E-state index is 14.7. The molecule has 0 spiro atoms. The van der Waals surface area contributed by atoms with E-state index in [0.717, 1.165) is 0 Å². The standard InChI is InChI=1S/C42H68O23/c1-15-9-16-5-6-23-41(2,17(16)10-18(15)58-38-34(30(53)26(49)21(13-45)61-38)63-36-32(55)28(51)24(47)19(11-43)59-36)7-4-8-42(23,3)40(57)65-39-35(31(54)27(50)22(14-46)62-39)64-37-33(56)29(52)25(48)20(12-44)60-37/h16-39,43-56H,1,4-14H2,2-3H3/t16?,17-,18?,19?,20?,21?,22?,23?,24?,25?,26?,27?,28?,29?,30?,31?,32?,33?,34?,35?,36?,37?,38?,39?,41+,42-/m1/s1. The van der Waals surface area contributed by atoms with Crippen LogP contribution in [0.25, 0.3) is 0 Å². The Labute approximate surface area is 374 Å². The first kappa shape index (κ1) is 51.2. The van der Waals surface area contributed by atoms with Gasteiger partial charge in [0.15, 0.2) is 25.0 Å². The maximum Gasteiger partial charge on any atom is 0.314 e. The van der Waals surface area contributed by atoms with Crippen LogP contribution in [-0.2, 0) is 42.7 Å². The molecule has 26 atom stereocenters. The number of hydrogen-bond acceptors (Lipinski definition) is 23. The fourth-order valence-electron chi connectivity index (χ4n) is 11.8. The zero-order valence-electron chi connectivity index (χ0n) is 36.3. The van der Waals surface area contributed by atoms with Crippen molar-refractivity contribution < 1.29 is 114 Å². The van der Waals surface area contributed by atoms with Gasteiger partial charge in [-0.25, -0.2) is 0 Å². The lowest BCUT2D eigenvalue weighted by atomic mass is 9.44. The van der Waals surface area contributed by atoms with Gasteiger partial charge in [-0.15, -0.1) is 0 Å². The number of aliphatic hydroxyl groups is 14. The van der Waals surface area contributed by atoms with E-state index < -0.39 is 172 Å². The molecule has 14 N–H and O–H groups in total. The van der Waals surface area contributed by atoms with E-state index in [2.05, 4.69) is 13.5 Å². The summed E-state index contributed by atoms with van der Waals surface area (Å²) in [5, 5.41) is 146. The molecule has 374 valence electrons. The van der Waals surface area contributed by atoms with Crippen molar-refractivity contribution in [2.45, 2.75) is 188 Å². The van der Waals surface area contributed by atoms with Crippen molar-refractivity contribution in [3.05, 3.63) is 12.2 Å². The zero-order chi connectivity index (χ0) is 47.4. The molecule has 7 aliphatic rings. The molecule has 0 amide bonds. The lowest BCUT2D eigenvalue weighted by molar-refractivity contribution is -0.371. The van der Waals surface area contributed by atoms with Gasteiger partial charge in [0.05, 0.1) is 37.9 Å². The number of ether oxygens (including phenoxy) is 8. The summed E-state index contributed by atoms with van der Waals surface area (Å²) in [6.45, 7) is 5.13. The minimum absolute atomic E-state index is 0.105. The van der Waals surface area contributed by atoms with Crippen molar-refractivity contribution in [1.82, 2.24) is 0 Å². The summed E-state index contributed by atoms with van der Waals surface area (Å²) < 4.78 is 46.9. The molecule has 23 nitrogen and oxygen atoms in total. The van der Waals surface area contributed by atoms with Crippen LogP contribution in [-0.4, -0.2) is 233 Å². The minimum Gasteiger partial charge on any atom is -0.432 e. The third kappa shape index (κ3) is 9.42. The first-order chi connectivity index (χ1) is 30.7. The molecule has 7 fully saturated rings. The van der Waals surface area contributed by atoms with Crippen molar-refractivity contribution >= 4 is 5.97 Å². The molecule has 4 aliphatic heterocycles. The van der Waals surface area contributed by atoms with Crippen LogP contribution in [0.2, 0.25) is 0 Å². The molecule has 0 aromatic heterocycles. The van der Waals surface area contributed by atoms with E-state index in [1.807, 2.05) is 0 Å². The van der Waals surface area contributed by atoms with Crippen LogP contribution < -0.4 is 0 Å². The summed E-state index contributed by atoms with van der Waals surface area (Å²) in [7, 11) is 0. The van der Waals surface area contributed by atoms with E-state index in [1.54, 1.807) is 6.92 Å². The van der Waals surface area contributed by atoms with Gasteiger partial charge in [-0.1, -0.05) is 19.9 Å². The maximum absolute atomic E-state index is 14.7. The highest BCUT2D eigenvalue weighted by molar-refractivity contribution is 5.77. The highest BCUT2D eigenvalue weighted by Gasteiger charge is 2.62. The second kappa shape index (κ2) is 20.4. The molecular weight excluding hydrogens is 872 g/mol.